The van der Waals surface area contributed by atoms with Crippen LogP contribution in [0.15, 0.2) is 0 Å². The van der Waals surface area contributed by atoms with Crippen LogP contribution in [0.25, 0.3) is 0 Å². The minimum atomic E-state index is 0.418. The van der Waals surface area contributed by atoms with Crippen molar-refractivity contribution in [2.75, 3.05) is 39.8 Å². The van der Waals surface area contributed by atoms with Gasteiger partial charge in [0.2, 0.25) is 0 Å². The third kappa shape index (κ3) is 6.13. The van der Waals surface area contributed by atoms with Crippen LogP contribution in [-0.4, -0.2) is 50.8 Å². The summed E-state index contributed by atoms with van der Waals surface area (Å²) in [6, 6.07) is 0. The third-order valence-electron chi connectivity index (χ3n) is 3.05. The van der Waals surface area contributed by atoms with Gasteiger partial charge in [-0.1, -0.05) is 0 Å². The molecule has 90 valence electrons. The standard InChI is InChI=1S/C12H26N2O/c1-12(6-5-7-13-2)15-11-10-14-8-3-4-9-14/h12-13H,3-11H2,1-2H3. The van der Waals surface area contributed by atoms with Crippen LogP contribution in [0.3, 0.4) is 0 Å². The Bertz CT molecular complexity index is 147. The first kappa shape index (κ1) is 12.9. The SMILES string of the molecule is CNCCCC(C)OCCN1CCCC1. The van der Waals surface area contributed by atoms with Crippen molar-refractivity contribution in [2.24, 2.45) is 0 Å². The lowest BCUT2D eigenvalue weighted by Crippen LogP contribution is -2.25. The lowest BCUT2D eigenvalue weighted by Gasteiger charge is -2.17. The largest absolute Gasteiger partial charge is 0.377 e. The first-order chi connectivity index (χ1) is 7.33. The monoisotopic (exact) mass is 214 g/mol. The summed E-state index contributed by atoms with van der Waals surface area (Å²) in [5, 5.41) is 3.16. The smallest absolute Gasteiger partial charge is 0.0597 e. The minimum absolute atomic E-state index is 0.418. The predicted octanol–water partition coefficient (Wildman–Crippen LogP) is 1.49. The lowest BCUT2D eigenvalue weighted by atomic mass is 10.2. The van der Waals surface area contributed by atoms with Crippen molar-refractivity contribution in [1.29, 1.82) is 0 Å². The maximum atomic E-state index is 5.78. The number of nitrogens with one attached hydrogen (secondary N) is 1. The van der Waals surface area contributed by atoms with Crippen LogP contribution in [0, 0.1) is 0 Å². The molecule has 1 unspecified atom stereocenters. The van der Waals surface area contributed by atoms with Crippen molar-refractivity contribution < 1.29 is 4.74 Å². The van der Waals surface area contributed by atoms with Gasteiger partial charge in [-0.05, 0) is 59.3 Å². The zero-order chi connectivity index (χ0) is 10.9. The topological polar surface area (TPSA) is 24.5 Å². The van der Waals surface area contributed by atoms with E-state index in [1.54, 1.807) is 0 Å². The summed E-state index contributed by atoms with van der Waals surface area (Å²) in [6.07, 6.45) is 5.54. The first-order valence-electron chi connectivity index (χ1n) is 6.31. The van der Waals surface area contributed by atoms with E-state index < -0.39 is 0 Å². The molecule has 0 aromatic heterocycles. The van der Waals surface area contributed by atoms with Crippen molar-refractivity contribution in [3.8, 4) is 0 Å². The molecule has 0 saturated carbocycles. The lowest BCUT2D eigenvalue weighted by molar-refractivity contribution is 0.0462. The summed E-state index contributed by atoms with van der Waals surface area (Å²) in [5.74, 6) is 0. The van der Waals surface area contributed by atoms with Gasteiger partial charge in [-0.15, -0.1) is 0 Å². The van der Waals surface area contributed by atoms with Gasteiger partial charge in [0.25, 0.3) is 0 Å². The Balaban J connectivity index is 1.89. The van der Waals surface area contributed by atoms with Gasteiger partial charge >= 0.3 is 0 Å². The highest BCUT2D eigenvalue weighted by Gasteiger charge is 2.11. The molecule has 0 aromatic rings. The van der Waals surface area contributed by atoms with E-state index in [-0.39, 0.29) is 0 Å². The summed E-state index contributed by atoms with van der Waals surface area (Å²) in [5.41, 5.74) is 0. The molecule has 1 saturated heterocycles. The van der Waals surface area contributed by atoms with Crippen LogP contribution >= 0.6 is 0 Å². The van der Waals surface area contributed by atoms with Gasteiger partial charge in [0.1, 0.15) is 0 Å². The van der Waals surface area contributed by atoms with Gasteiger partial charge in [-0.2, -0.15) is 0 Å². The normalized spacial score (nSPS) is 19.6. The highest BCUT2D eigenvalue weighted by atomic mass is 16.5. The Morgan fingerprint density at radius 1 is 1.33 bits per heavy atom. The second kappa shape index (κ2) is 8.08. The molecule has 0 radical (unpaired) electrons. The highest BCUT2D eigenvalue weighted by molar-refractivity contribution is 4.65. The van der Waals surface area contributed by atoms with Crippen LogP contribution in [0.2, 0.25) is 0 Å². The van der Waals surface area contributed by atoms with E-state index in [2.05, 4.69) is 17.1 Å². The molecule has 0 spiro atoms. The zero-order valence-electron chi connectivity index (χ0n) is 10.3. The quantitative estimate of drug-likeness (QED) is 0.620. The van der Waals surface area contributed by atoms with E-state index in [1.165, 1.54) is 38.8 Å². The molecule has 0 bridgehead atoms. The number of hydrogen-bond acceptors (Lipinski definition) is 3. The van der Waals surface area contributed by atoms with E-state index in [4.69, 9.17) is 4.74 Å². The molecule has 3 nitrogen and oxygen atoms in total. The van der Waals surface area contributed by atoms with Crippen LogP contribution < -0.4 is 5.32 Å². The molecule has 1 fully saturated rings. The molecule has 1 rings (SSSR count). The average Bonchev–Trinajstić information content (AvgIpc) is 2.71. The molecule has 0 amide bonds. The third-order valence-corrected chi connectivity index (χ3v) is 3.05. The summed E-state index contributed by atoms with van der Waals surface area (Å²) in [4.78, 5) is 2.50. The number of likely N-dealkylation sites (tertiary alicyclic amines) is 1. The second-order valence-electron chi connectivity index (χ2n) is 4.48. The van der Waals surface area contributed by atoms with E-state index >= 15 is 0 Å². The molecule has 1 N–H and O–H groups in total. The number of nitrogens with zero attached hydrogens (tertiary/aromatic N) is 1. The van der Waals surface area contributed by atoms with Gasteiger partial charge in [0.15, 0.2) is 0 Å². The molecular weight excluding hydrogens is 188 g/mol. The van der Waals surface area contributed by atoms with Gasteiger partial charge < -0.3 is 15.0 Å². The van der Waals surface area contributed by atoms with Gasteiger partial charge in [-0.3, -0.25) is 0 Å². The molecule has 1 aliphatic rings. The highest BCUT2D eigenvalue weighted by Crippen LogP contribution is 2.07. The number of hydrogen-bond donors (Lipinski definition) is 1. The van der Waals surface area contributed by atoms with E-state index in [0.29, 0.717) is 6.10 Å². The Morgan fingerprint density at radius 2 is 2.07 bits per heavy atom. The summed E-state index contributed by atoms with van der Waals surface area (Å²) >= 11 is 0. The Morgan fingerprint density at radius 3 is 2.73 bits per heavy atom. The molecule has 3 heteroatoms. The molecule has 0 aliphatic carbocycles. The van der Waals surface area contributed by atoms with Gasteiger partial charge in [0.05, 0.1) is 12.7 Å². The van der Waals surface area contributed by atoms with Crippen LogP contribution in [0.4, 0.5) is 0 Å². The van der Waals surface area contributed by atoms with Crippen LogP contribution in [-0.2, 0) is 4.74 Å². The molecule has 1 heterocycles. The second-order valence-corrected chi connectivity index (χ2v) is 4.48. The number of rotatable bonds is 8. The maximum Gasteiger partial charge on any atom is 0.0597 e. The first-order valence-corrected chi connectivity index (χ1v) is 6.31. The zero-order valence-corrected chi connectivity index (χ0v) is 10.3. The molecule has 1 aliphatic heterocycles. The van der Waals surface area contributed by atoms with E-state index in [1.807, 2.05) is 7.05 Å². The predicted molar refractivity (Wildman–Crippen MR) is 64.2 cm³/mol. The summed E-state index contributed by atoms with van der Waals surface area (Å²) in [6.45, 7) is 7.85. The Labute approximate surface area is 94.2 Å². The molecule has 1 atom stereocenters. The Hall–Kier alpha value is -0.120. The number of ether oxygens (including phenoxy) is 1. The van der Waals surface area contributed by atoms with E-state index in [9.17, 15) is 0 Å². The summed E-state index contributed by atoms with van der Waals surface area (Å²) < 4.78 is 5.78. The van der Waals surface area contributed by atoms with Crippen molar-refractivity contribution in [2.45, 2.75) is 38.7 Å². The van der Waals surface area contributed by atoms with Crippen LogP contribution in [0.1, 0.15) is 32.6 Å². The van der Waals surface area contributed by atoms with Crippen molar-refractivity contribution in [3.63, 3.8) is 0 Å². The fraction of sp³-hybridized carbons (Fsp3) is 1.00. The van der Waals surface area contributed by atoms with Crippen LogP contribution in [0.5, 0.6) is 0 Å². The maximum absolute atomic E-state index is 5.78. The molecular formula is C12H26N2O. The van der Waals surface area contributed by atoms with Gasteiger partial charge in [-0.25, -0.2) is 0 Å². The van der Waals surface area contributed by atoms with Crippen molar-refractivity contribution >= 4 is 0 Å². The van der Waals surface area contributed by atoms with Gasteiger partial charge in [0, 0.05) is 6.54 Å². The fourth-order valence-electron chi connectivity index (χ4n) is 2.04. The molecule has 15 heavy (non-hydrogen) atoms. The summed E-state index contributed by atoms with van der Waals surface area (Å²) in [7, 11) is 2.00. The average molecular weight is 214 g/mol. The van der Waals surface area contributed by atoms with Crippen molar-refractivity contribution in [3.05, 3.63) is 0 Å². The Kier molecular flexibility index (Phi) is 6.98. The minimum Gasteiger partial charge on any atom is -0.377 e. The van der Waals surface area contributed by atoms with Crippen molar-refractivity contribution in [1.82, 2.24) is 10.2 Å². The molecule has 0 aromatic carbocycles. The fourth-order valence-corrected chi connectivity index (χ4v) is 2.04. The van der Waals surface area contributed by atoms with E-state index in [0.717, 1.165) is 19.7 Å².